The summed E-state index contributed by atoms with van der Waals surface area (Å²) < 4.78 is 0. The molecule has 1 heterocycles. The van der Waals surface area contributed by atoms with Gasteiger partial charge in [0, 0.05) is 23.9 Å². The Balaban J connectivity index is 2.21. The number of rotatable bonds is 6. The van der Waals surface area contributed by atoms with E-state index in [1.165, 1.54) is 50.2 Å². The minimum Gasteiger partial charge on any atom is -0.329 e. The minimum absolute atomic E-state index is 0.242. The molecule has 1 aliphatic carbocycles. The molecule has 0 amide bonds. The molecule has 18 heavy (non-hydrogen) atoms. The maximum absolute atomic E-state index is 6.30. The lowest BCUT2D eigenvalue weighted by atomic mass is 9.69. The predicted molar refractivity (Wildman–Crippen MR) is 82.1 cm³/mol. The van der Waals surface area contributed by atoms with Crippen molar-refractivity contribution in [2.45, 2.75) is 64.5 Å². The van der Waals surface area contributed by atoms with Gasteiger partial charge in [-0.05, 0) is 43.4 Å². The number of nitrogens with two attached hydrogens (primary N) is 1. The van der Waals surface area contributed by atoms with Crippen LogP contribution < -0.4 is 5.73 Å². The van der Waals surface area contributed by atoms with Crippen LogP contribution in [-0.2, 0) is 0 Å². The molecule has 106 valence electrons. The Hall–Kier alpha value is 0.270. The zero-order valence-electron chi connectivity index (χ0n) is 12.4. The van der Waals surface area contributed by atoms with Crippen LogP contribution in [0.2, 0.25) is 0 Å². The van der Waals surface area contributed by atoms with Gasteiger partial charge in [-0.15, -0.1) is 0 Å². The van der Waals surface area contributed by atoms with Gasteiger partial charge in [0.25, 0.3) is 0 Å². The Labute approximate surface area is 117 Å². The van der Waals surface area contributed by atoms with E-state index in [9.17, 15) is 0 Å². The van der Waals surface area contributed by atoms with E-state index in [4.69, 9.17) is 5.73 Å². The SMILES string of the molecule is CCCCN(C1CC1)C1(CN)CSCCC1(C)C. The van der Waals surface area contributed by atoms with E-state index in [0.717, 1.165) is 12.6 Å². The van der Waals surface area contributed by atoms with Crippen molar-refractivity contribution in [1.29, 1.82) is 0 Å². The first kappa shape index (κ1) is 14.7. The highest BCUT2D eigenvalue weighted by Crippen LogP contribution is 2.49. The molecule has 2 rings (SSSR count). The Kier molecular flexibility index (Phi) is 4.66. The molecule has 2 N–H and O–H groups in total. The van der Waals surface area contributed by atoms with Gasteiger partial charge in [0.2, 0.25) is 0 Å². The highest BCUT2D eigenvalue weighted by atomic mass is 32.2. The lowest BCUT2D eigenvalue weighted by molar-refractivity contribution is -0.00595. The summed E-state index contributed by atoms with van der Waals surface area (Å²) in [7, 11) is 0. The van der Waals surface area contributed by atoms with Crippen molar-refractivity contribution in [2.24, 2.45) is 11.1 Å². The second-order valence-corrected chi connectivity index (χ2v) is 7.81. The van der Waals surface area contributed by atoms with Crippen LogP contribution in [-0.4, -0.2) is 41.1 Å². The summed E-state index contributed by atoms with van der Waals surface area (Å²) in [4.78, 5) is 2.81. The third-order valence-electron chi connectivity index (χ3n) is 5.10. The minimum atomic E-state index is 0.242. The third kappa shape index (κ3) is 2.59. The fourth-order valence-electron chi connectivity index (χ4n) is 3.38. The topological polar surface area (TPSA) is 29.3 Å². The highest BCUT2D eigenvalue weighted by Gasteiger charge is 2.53. The molecule has 0 aromatic heterocycles. The van der Waals surface area contributed by atoms with Crippen molar-refractivity contribution >= 4 is 11.8 Å². The fourth-order valence-corrected chi connectivity index (χ4v) is 5.19. The molecule has 1 saturated heterocycles. The highest BCUT2D eigenvalue weighted by molar-refractivity contribution is 7.99. The molecule has 1 unspecified atom stereocenters. The van der Waals surface area contributed by atoms with Crippen LogP contribution in [0.5, 0.6) is 0 Å². The summed E-state index contributed by atoms with van der Waals surface area (Å²) in [5.74, 6) is 2.54. The summed E-state index contributed by atoms with van der Waals surface area (Å²) in [5, 5.41) is 0. The zero-order valence-corrected chi connectivity index (χ0v) is 13.2. The number of unbranched alkanes of at least 4 members (excludes halogenated alkanes) is 1. The summed E-state index contributed by atoms with van der Waals surface area (Å²) >= 11 is 2.11. The van der Waals surface area contributed by atoms with Gasteiger partial charge in [-0.2, -0.15) is 11.8 Å². The van der Waals surface area contributed by atoms with Gasteiger partial charge in [0.15, 0.2) is 0 Å². The Bertz CT molecular complexity index is 276. The van der Waals surface area contributed by atoms with Crippen molar-refractivity contribution in [1.82, 2.24) is 4.90 Å². The summed E-state index contributed by atoms with van der Waals surface area (Å²) in [5.41, 5.74) is 6.90. The lowest BCUT2D eigenvalue weighted by Gasteiger charge is -2.56. The van der Waals surface area contributed by atoms with Crippen LogP contribution in [0.25, 0.3) is 0 Å². The molecule has 2 fully saturated rings. The Morgan fingerprint density at radius 3 is 2.56 bits per heavy atom. The molecule has 0 spiro atoms. The van der Waals surface area contributed by atoms with E-state index in [-0.39, 0.29) is 5.54 Å². The van der Waals surface area contributed by atoms with E-state index in [2.05, 4.69) is 37.4 Å². The van der Waals surface area contributed by atoms with Crippen LogP contribution in [0.4, 0.5) is 0 Å². The average molecular weight is 270 g/mol. The number of nitrogens with zero attached hydrogens (tertiary/aromatic N) is 1. The smallest absolute Gasteiger partial charge is 0.0475 e. The fraction of sp³-hybridized carbons (Fsp3) is 1.00. The molecular weight excluding hydrogens is 240 g/mol. The third-order valence-corrected chi connectivity index (χ3v) is 6.27. The van der Waals surface area contributed by atoms with Crippen molar-refractivity contribution < 1.29 is 0 Å². The maximum atomic E-state index is 6.30. The van der Waals surface area contributed by atoms with Crippen molar-refractivity contribution in [3.8, 4) is 0 Å². The molecule has 0 bridgehead atoms. The first-order chi connectivity index (χ1) is 8.57. The summed E-state index contributed by atoms with van der Waals surface area (Å²) in [6.45, 7) is 9.26. The molecule has 0 radical (unpaired) electrons. The van der Waals surface area contributed by atoms with Crippen LogP contribution in [0, 0.1) is 5.41 Å². The molecule has 1 atom stereocenters. The normalized spacial score (nSPS) is 31.8. The second kappa shape index (κ2) is 5.72. The van der Waals surface area contributed by atoms with E-state index >= 15 is 0 Å². The molecular formula is C15H30N2S. The van der Waals surface area contributed by atoms with Crippen molar-refractivity contribution in [3.63, 3.8) is 0 Å². The first-order valence-electron chi connectivity index (χ1n) is 7.62. The number of thioether (sulfide) groups is 1. The monoisotopic (exact) mass is 270 g/mol. The largest absolute Gasteiger partial charge is 0.329 e. The molecule has 1 aliphatic heterocycles. The number of hydrogen-bond donors (Lipinski definition) is 1. The molecule has 2 aliphatic rings. The van der Waals surface area contributed by atoms with E-state index in [1.54, 1.807) is 0 Å². The van der Waals surface area contributed by atoms with E-state index < -0.39 is 0 Å². The molecule has 3 heteroatoms. The standard InChI is InChI=1S/C15H30N2S/c1-4-5-9-17(13-6-7-13)15(11-16)12-18-10-8-14(15,2)3/h13H,4-12,16H2,1-3H3. The van der Waals surface area contributed by atoms with E-state index in [1.807, 2.05) is 0 Å². The second-order valence-electron chi connectivity index (χ2n) is 6.70. The van der Waals surface area contributed by atoms with Gasteiger partial charge in [-0.25, -0.2) is 0 Å². The Morgan fingerprint density at radius 1 is 1.33 bits per heavy atom. The number of hydrogen-bond acceptors (Lipinski definition) is 3. The van der Waals surface area contributed by atoms with Gasteiger partial charge < -0.3 is 5.73 Å². The summed E-state index contributed by atoms with van der Waals surface area (Å²) in [6.07, 6.45) is 6.71. The first-order valence-corrected chi connectivity index (χ1v) is 8.77. The van der Waals surface area contributed by atoms with Crippen LogP contribution in [0.3, 0.4) is 0 Å². The Morgan fingerprint density at radius 2 is 2.06 bits per heavy atom. The van der Waals surface area contributed by atoms with Gasteiger partial charge in [0.1, 0.15) is 0 Å². The van der Waals surface area contributed by atoms with E-state index in [0.29, 0.717) is 5.41 Å². The predicted octanol–water partition coefficient (Wildman–Crippen LogP) is 3.11. The molecule has 0 aromatic rings. The molecule has 1 saturated carbocycles. The lowest BCUT2D eigenvalue weighted by Crippen LogP contribution is -2.66. The average Bonchev–Trinajstić information content (AvgIpc) is 3.15. The molecule has 0 aromatic carbocycles. The van der Waals surface area contributed by atoms with Crippen LogP contribution in [0.1, 0.15) is 52.9 Å². The summed E-state index contributed by atoms with van der Waals surface area (Å²) in [6, 6.07) is 0.832. The van der Waals surface area contributed by atoms with Crippen LogP contribution >= 0.6 is 11.8 Å². The van der Waals surface area contributed by atoms with Gasteiger partial charge in [-0.1, -0.05) is 27.2 Å². The van der Waals surface area contributed by atoms with Crippen molar-refractivity contribution in [2.75, 3.05) is 24.6 Å². The van der Waals surface area contributed by atoms with Crippen molar-refractivity contribution in [3.05, 3.63) is 0 Å². The van der Waals surface area contributed by atoms with Gasteiger partial charge >= 0.3 is 0 Å². The van der Waals surface area contributed by atoms with Crippen LogP contribution in [0.15, 0.2) is 0 Å². The maximum Gasteiger partial charge on any atom is 0.0475 e. The quantitative estimate of drug-likeness (QED) is 0.804. The molecule has 2 nitrogen and oxygen atoms in total. The van der Waals surface area contributed by atoms with Gasteiger partial charge in [-0.3, -0.25) is 4.90 Å². The van der Waals surface area contributed by atoms with Gasteiger partial charge in [0.05, 0.1) is 0 Å². The zero-order chi connectivity index (χ0) is 13.2.